The minimum absolute atomic E-state index is 0.141. The molecule has 0 spiro atoms. The first kappa shape index (κ1) is 30.0. The second-order valence-corrected chi connectivity index (χ2v) is 11.4. The number of carbonyl (C=O) groups excluding carboxylic acids is 3. The molecule has 1 fully saturated rings. The summed E-state index contributed by atoms with van der Waals surface area (Å²) in [7, 11) is 0. The molecule has 0 bridgehead atoms. The number of para-hydroxylation sites is 2. The van der Waals surface area contributed by atoms with E-state index in [0.717, 1.165) is 30.1 Å². The Morgan fingerprint density at radius 2 is 1.30 bits per heavy atom. The van der Waals surface area contributed by atoms with E-state index in [0.29, 0.717) is 41.7 Å². The van der Waals surface area contributed by atoms with Gasteiger partial charge in [0.1, 0.15) is 12.2 Å². The molecule has 4 aromatic carbocycles. The van der Waals surface area contributed by atoms with Crippen molar-refractivity contribution in [3.63, 3.8) is 0 Å². The molecule has 1 aliphatic rings. The van der Waals surface area contributed by atoms with Gasteiger partial charge in [0.05, 0.1) is 21.6 Å². The quantitative estimate of drug-likeness (QED) is 0.108. The van der Waals surface area contributed by atoms with Crippen molar-refractivity contribution in [3.05, 3.63) is 122 Å². The van der Waals surface area contributed by atoms with Crippen LogP contribution in [0.2, 0.25) is 0 Å². The molecule has 1 saturated heterocycles. The van der Waals surface area contributed by atoms with E-state index >= 15 is 0 Å². The molecule has 1 aliphatic heterocycles. The third-order valence-corrected chi connectivity index (χ3v) is 7.91. The third kappa shape index (κ3) is 6.19. The van der Waals surface area contributed by atoms with Gasteiger partial charge < -0.3 is 9.47 Å². The number of benzene rings is 4. The van der Waals surface area contributed by atoms with Gasteiger partial charge in [0, 0.05) is 0 Å². The topological polar surface area (TPSA) is 76.2 Å². The summed E-state index contributed by atoms with van der Waals surface area (Å²) in [5.74, 6) is -0.319. The summed E-state index contributed by atoms with van der Waals surface area (Å²) in [5, 5.41) is 0. The summed E-state index contributed by atoms with van der Waals surface area (Å²) >= 11 is 2.16. The van der Waals surface area contributed by atoms with E-state index in [1.807, 2.05) is 82.3 Å². The van der Waals surface area contributed by atoms with E-state index in [2.05, 4.69) is 22.6 Å². The molecule has 7 nitrogen and oxygen atoms in total. The van der Waals surface area contributed by atoms with Crippen LogP contribution in [0.5, 0.6) is 11.5 Å². The molecular formula is C35H31IN2O5. The standard InChI is InChI=1S/C35H31IN2O5/c1-5-42-31-20-26(19-28(36)32(31)43-21-25-16-14-22(2)15-17-25)18-27-33(39)37(29-12-8-6-10-23(29)3)35(41)38(34(27)40)30-13-9-7-11-24(30)4/h6-20H,5,21H2,1-4H3. The second kappa shape index (κ2) is 12.8. The maximum Gasteiger partial charge on any atom is 0.343 e. The SMILES string of the molecule is CCOc1cc(C=C2C(=O)N(c3ccccc3C)C(=O)N(c3ccccc3C)C2=O)cc(I)c1OCc1ccc(C)cc1. The van der Waals surface area contributed by atoms with Gasteiger partial charge in [-0.2, -0.15) is 0 Å². The summed E-state index contributed by atoms with van der Waals surface area (Å²) in [6.07, 6.45) is 1.52. The summed E-state index contributed by atoms with van der Waals surface area (Å²) < 4.78 is 12.9. The molecule has 4 aromatic rings. The minimum atomic E-state index is -0.722. The number of amides is 4. The molecule has 0 N–H and O–H groups in total. The number of carbonyl (C=O) groups is 3. The molecule has 4 amide bonds. The maximum atomic E-state index is 13.9. The molecule has 0 atom stereocenters. The van der Waals surface area contributed by atoms with Crippen LogP contribution in [0.1, 0.15) is 34.7 Å². The number of halogens is 1. The lowest BCUT2D eigenvalue weighted by Gasteiger charge is -2.35. The molecule has 0 saturated carbocycles. The summed E-state index contributed by atoms with van der Waals surface area (Å²) in [5.41, 5.74) is 4.90. The molecule has 8 heteroatoms. The number of nitrogens with zero attached hydrogens (tertiary/aromatic N) is 2. The fourth-order valence-electron chi connectivity index (χ4n) is 4.86. The predicted molar refractivity (Wildman–Crippen MR) is 177 cm³/mol. The van der Waals surface area contributed by atoms with Crippen molar-refractivity contribution in [1.29, 1.82) is 0 Å². The predicted octanol–water partition coefficient (Wildman–Crippen LogP) is 7.78. The first-order chi connectivity index (χ1) is 20.7. The highest BCUT2D eigenvalue weighted by Crippen LogP contribution is 2.37. The minimum Gasteiger partial charge on any atom is -0.490 e. The van der Waals surface area contributed by atoms with Crippen LogP contribution in [-0.4, -0.2) is 24.5 Å². The fraction of sp³-hybridized carbons (Fsp3) is 0.171. The second-order valence-electron chi connectivity index (χ2n) is 10.2. The number of urea groups is 1. The van der Waals surface area contributed by atoms with Crippen molar-refractivity contribution in [2.24, 2.45) is 0 Å². The average Bonchev–Trinajstić information content (AvgIpc) is 2.98. The van der Waals surface area contributed by atoms with Crippen LogP contribution in [0.3, 0.4) is 0 Å². The van der Waals surface area contributed by atoms with Gasteiger partial charge >= 0.3 is 6.03 Å². The lowest BCUT2D eigenvalue weighted by molar-refractivity contribution is -0.121. The zero-order chi connectivity index (χ0) is 30.7. The van der Waals surface area contributed by atoms with E-state index in [9.17, 15) is 14.4 Å². The van der Waals surface area contributed by atoms with Crippen molar-refractivity contribution in [2.45, 2.75) is 34.3 Å². The first-order valence-corrected chi connectivity index (χ1v) is 15.0. The van der Waals surface area contributed by atoms with Crippen molar-refractivity contribution >= 4 is 57.9 Å². The van der Waals surface area contributed by atoms with Crippen LogP contribution in [-0.2, 0) is 16.2 Å². The van der Waals surface area contributed by atoms with Gasteiger partial charge in [0.2, 0.25) is 0 Å². The highest BCUT2D eigenvalue weighted by atomic mass is 127. The Hall–Kier alpha value is -4.44. The zero-order valence-electron chi connectivity index (χ0n) is 24.4. The number of hydrogen-bond acceptors (Lipinski definition) is 5. The molecule has 0 radical (unpaired) electrons. The number of barbiturate groups is 1. The van der Waals surface area contributed by atoms with Crippen LogP contribution in [0.25, 0.3) is 6.08 Å². The first-order valence-electron chi connectivity index (χ1n) is 13.9. The molecular weight excluding hydrogens is 655 g/mol. The van der Waals surface area contributed by atoms with Gasteiger partial charge in [0.25, 0.3) is 11.8 Å². The van der Waals surface area contributed by atoms with Crippen molar-refractivity contribution < 1.29 is 23.9 Å². The van der Waals surface area contributed by atoms with Gasteiger partial charge in [-0.15, -0.1) is 0 Å². The van der Waals surface area contributed by atoms with Crippen molar-refractivity contribution in [3.8, 4) is 11.5 Å². The van der Waals surface area contributed by atoms with Crippen LogP contribution in [0.15, 0.2) is 90.5 Å². The molecule has 1 heterocycles. The zero-order valence-corrected chi connectivity index (χ0v) is 26.5. The van der Waals surface area contributed by atoms with Gasteiger partial charge in [-0.05, 0) is 103 Å². The van der Waals surface area contributed by atoms with E-state index in [1.165, 1.54) is 11.6 Å². The van der Waals surface area contributed by atoms with E-state index in [1.54, 1.807) is 30.3 Å². The van der Waals surface area contributed by atoms with Gasteiger partial charge in [-0.1, -0.05) is 66.2 Å². The maximum absolute atomic E-state index is 13.9. The normalized spacial score (nSPS) is 13.4. The Morgan fingerprint density at radius 3 is 1.84 bits per heavy atom. The van der Waals surface area contributed by atoms with Gasteiger partial charge in [-0.3, -0.25) is 9.59 Å². The van der Waals surface area contributed by atoms with E-state index < -0.39 is 17.8 Å². The summed E-state index contributed by atoms with van der Waals surface area (Å²) in [6.45, 7) is 8.30. The Balaban J connectivity index is 1.58. The van der Waals surface area contributed by atoms with Crippen LogP contribution >= 0.6 is 22.6 Å². The Kier molecular flexibility index (Phi) is 8.96. The largest absolute Gasteiger partial charge is 0.490 e. The Bertz CT molecular complexity index is 1680. The molecule has 0 aromatic heterocycles. The number of anilines is 2. The number of imide groups is 2. The molecule has 5 rings (SSSR count). The Labute approximate surface area is 264 Å². The molecule has 0 aliphatic carbocycles. The molecule has 218 valence electrons. The smallest absolute Gasteiger partial charge is 0.343 e. The van der Waals surface area contributed by atoms with Crippen molar-refractivity contribution in [2.75, 3.05) is 16.4 Å². The Morgan fingerprint density at radius 1 is 0.744 bits per heavy atom. The number of rotatable bonds is 8. The van der Waals surface area contributed by atoms with Crippen LogP contribution in [0, 0.1) is 24.3 Å². The number of ether oxygens (including phenoxy) is 2. The monoisotopic (exact) mass is 686 g/mol. The van der Waals surface area contributed by atoms with E-state index in [-0.39, 0.29) is 5.57 Å². The van der Waals surface area contributed by atoms with E-state index in [4.69, 9.17) is 9.47 Å². The summed E-state index contributed by atoms with van der Waals surface area (Å²) in [6, 6.07) is 25.2. The third-order valence-electron chi connectivity index (χ3n) is 7.11. The summed E-state index contributed by atoms with van der Waals surface area (Å²) in [4.78, 5) is 43.9. The fourth-order valence-corrected chi connectivity index (χ4v) is 5.64. The number of hydrogen-bond donors (Lipinski definition) is 0. The van der Waals surface area contributed by atoms with Gasteiger partial charge in [-0.25, -0.2) is 14.6 Å². The average molecular weight is 687 g/mol. The van der Waals surface area contributed by atoms with Crippen LogP contribution < -0.4 is 19.3 Å². The van der Waals surface area contributed by atoms with Crippen molar-refractivity contribution in [1.82, 2.24) is 0 Å². The molecule has 0 unspecified atom stereocenters. The van der Waals surface area contributed by atoms with Crippen LogP contribution in [0.4, 0.5) is 16.2 Å². The van der Waals surface area contributed by atoms with Gasteiger partial charge in [0.15, 0.2) is 11.5 Å². The molecule has 43 heavy (non-hydrogen) atoms. The highest BCUT2D eigenvalue weighted by Gasteiger charge is 2.44. The lowest BCUT2D eigenvalue weighted by atomic mass is 10.0. The highest BCUT2D eigenvalue weighted by molar-refractivity contribution is 14.1. The lowest BCUT2D eigenvalue weighted by Crippen LogP contribution is -2.57. The number of aryl methyl sites for hydroxylation is 3.